The predicted molar refractivity (Wildman–Crippen MR) is 109 cm³/mol. The van der Waals surface area contributed by atoms with Gasteiger partial charge >= 0.3 is 0 Å². The third-order valence-corrected chi connectivity index (χ3v) is 5.18. The highest BCUT2D eigenvalue weighted by Crippen LogP contribution is 2.17. The molecule has 0 bridgehead atoms. The average Bonchev–Trinajstić information content (AvgIpc) is 2.98. The maximum atomic E-state index is 5.81. The van der Waals surface area contributed by atoms with Gasteiger partial charge in [-0.1, -0.05) is 48.5 Å². The largest absolute Gasteiger partial charge is 0.376 e. The van der Waals surface area contributed by atoms with Gasteiger partial charge < -0.3 is 4.74 Å². The highest BCUT2D eigenvalue weighted by molar-refractivity contribution is 7.71. The van der Waals surface area contributed by atoms with E-state index in [1.807, 2.05) is 28.9 Å². The summed E-state index contributed by atoms with van der Waals surface area (Å²) in [5, 5.41) is 4.89. The first-order valence-electron chi connectivity index (χ1n) is 9.33. The first-order chi connectivity index (χ1) is 13.2. The van der Waals surface area contributed by atoms with Crippen molar-refractivity contribution in [1.82, 2.24) is 19.2 Å². The fourth-order valence-corrected chi connectivity index (χ4v) is 3.79. The van der Waals surface area contributed by atoms with Crippen LogP contribution in [0.2, 0.25) is 0 Å². The van der Waals surface area contributed by atoms with E-state index in [4.69, 9.17) is 22.1 Å². The number of benzene rings is 2. The molecule has 3 aromatic rings. The molecule has 1 aliphatic heterocycles. The van der Waals surface area contributed by atoms with Crippen LogP contribution in [0.25, 0.3) is 5.69 Å². The van der Waals surface area contributed by atoms with Crippen LogP contribution in [-0.2, 0) is 17.8 Å². The van der Waals surface area contributed by atoms with Gasteiger partial charge in [-0.05, 0) is 36.8 Å². The molecule has 1 aromatic heterocycles. The van der Waals surface area contributed by atoms with Crippen molar-refractivity contribution in [2.45, 2.75) is 26.1 Å². The smallest absolute Gasteiger partial charge is 0.203 e. The first-order valence-corrected chi connectivity index (χ1v) is 9.73. The van der Waals surface area contributed by atoms with Crippen molar-refractivity contribution in [2.24, 2.45) is 0 Å². The van der Waals surface area contributed by atoms with Crippen molar-refractivity contribution in [2.75, 3.05) is 19.7 Å². The summed E-state index contributed by atoms with van der Waals surface area (Å²) in [6.45, 7) is 5.35. The van der Waals surface area contributed by atoms with E-state index >= 15 is 0 Å². The molecule has 4 rings (SSSR count). The van der Waals surface area contributed by atoms with E-state index < -0.39 is 0 Å². The monoisotopic (exact) mass is 380 g/mol. The van der Waals surface area contributed by atoms with Crippen LogP contribution in [0, 0.1) is 4.77 Å². The molecule has 5 nitrogen and oxygen atoms in total. The van der Waals surface area contributed by atoms with Crippen LogP contribution in [-0.4, -0.2) is 45.0 Å². The number of morpholine rings is 1. The zero-order valence-corrected chi connectivity index (χ0v) is 16.3. The number of hydrogen-bond donors (Lipinski definition) is 0. The van der Waals surface area contributed by atoms with Crippen molar-refractivity contribution < 1.29 is 4.74 Å². The topological polar surface area (TPSA) is 35.2 Å². The van der Waals surface area contributed by atoms with Gasteiger partial charge in [0.15, 0.2) is 0 Å². The maximum Gasteiger partial charge on any atom is 0.203 e. The minimum absolute atomic E-state index is 0.243. The number of rotatable bonds is 5. The number of hydrogen-bond acceptors (Lipinski definition) is 4. The summed E-state index contributed by atoms with van der Waals surface area (Å²) >= 11 is 5.81. The van der Waals surface area contributed by atoms with Crippen LogP contribution in [0.1, 0.15) is 18.3 Å². The standard InChI is InChI=1S/C21H24N4OS/c1-17-15-23(12-13-26-17)16-24-21(27)25(19-10-6-3-7-11-19)20(22-24)14-18-8-4-2-5-9-18/h2-11,17H,12-16H2,1H3. The molecule has 2 aromatic carbocycles. The summed E-state index contributed by atoms with van der Waals surface area (Å²) in [5.74, 6) is 0.957. The summed E-state index contributed by atoms with van der Waals surface area (Å²) < 4.78 is 10.4. The third-order valence-electron chi connectivity index (χ3n) is 4.78. The zero-order chi connectivity index (χ0) is 18.6. The Morgan fingerprint density at radius 1 is 1.07 bits per heavy atom. The second-order valence-corrected chi connectivity index (χ2v) is 7.30. The molecule has 0 saturated carbocycles. The van der Waals surface area contributed by atoms with Gasteiger partial charge in [-0.25, -0.2) is 4.68 Å². The Labute approximate surface area is 164 Å². The highest BCUT2D eigenvalue weighted by atomic mass is 32.1. The lowest BCUT2D eigenvalue weighted by atomic mass is 10.1. The number of nitrogens with zero attached hydrogens (tertiary/aromatic N) is 4. The van der Waals surface area contributed by atoms with E-state index in [1.54, 1.807) is 0 Å². The van der Waals surface area contributed by atoms with Crippen molar-refractivity contribution >= 4 is 12.2 Å². The minimum atomic E-state index is 0.243. The number of ether oxygens (including phenoxy) is 1. The Kier molecular flexibility index (Phi) is 5.48. The number of aromatic nitrogens is 3. The molecule has 0 N–H and O–H groups in total. The van der Waals surface area contributed by atoms with Crippen LogP contribution in [0.15, 0.2) is 60.7 Å². The van der Waals surface area contributed by atoms with Crippen LogP contribution in [0.4, 0.5) is 0 Å². The summed E-state index contributed by atoms with van der Waals surface area (Å²) in [4.78, 5) is 2.35. The van der Waals surface area contributed by atoms with Gasteiger partial charge in [0, 0.05) is 25.2 Å². The lowest BCUT2D eigenvalue weighted by Crippen LogP contribution is -2.42. The average molecular weight is 381 g/mol. The van der Waals surface area contributed by atoms with Crippen molar-refractivity contribution in [3.8, 4) is 5.69 Å². The molecule has 6 heteroatoms. The highest BCUT2D eigenvalue weighted by Gasteiger charge is 2.19. The molecule has 1 aliphatic rings. The molecule has 0 radical (unpaired) electrons. The molecule has 27 heavy (non-hydrogen) atoms. The van der Waals surface area contributed by atoms with Gasteiger partial charge in [0.1, 0.15) is 5.82 Å². The molecular formula is C21H24N4OS. The van der Waals surface area contributed by atoms with Gasteiger partial charge in [0.05, 0.1) is 19.4 Å². The summed E-state index contributed by atoms with van der Waals surface area (Å²) in [5.41, 5.74) is 2.27. The third kappa shape index (κ3) is 4.18. The second-order valence-electron chi connectivity index (χ2n) is 6.93. The van der Waals surface area contributed by atoms with E-state index in [-0.39, 0.29) is 6.10 Å². The molecule has 0 aliphatic carbocycles. The van der Waals surface area contributed by atoms with E-state index in [2.05, 4.69) is 52.8 Å². The fraction of sp³-hybridized carbons (Fsp3) is 0.333. The van der Waals surface area contributed by atoms with Crippen LogP contribution < -0.4 is 0 Å². The fourth-order valence-electron chi connectivity index (χ4n) is 3.48. The Hall–Kier alpha value is -2.28. The zero-order valence-electron chi connectivity index (χ0n) is 15.5. The van der Waals surface area contributed by atoms with E-state index in [0.29, 0.717) is 6.67 Å². The Morgan fingerprint density at radius 3 is 2.48 bits per heavy atom. The van der Waals surface area contributed by atoms with Gasteiger partial charge in [0.25, 0.3) is 0 Å². The molecule has 1 unspecified atom stereocenters. The molecule has 1 saturated heterocycles. The van der Waals surface area contributed by atoms with Gasteiger partial charge in [0.2, 0.25) is 4.77 Å². The Morgan fingerprint density at radius 2 is 1.78 bits per heavy atom. The van der Waals surface area contributed by atoms with E-state index in [9.17, 15) is 0 Å². The molecule has 0 amide bonds. The van der Waals surface area contributed by atoms with Crippen molar-refractivity contribution in [3.05, 3.63) is 76.8 Å². The normalized spacial score (nSPS) is 17.9. The molecule has 2 heterocycles. The van der Waals surface area contributed by atoms with Crippen LogP contribution in [0.5, 0.6) is 0 Å². The first kappa shape index (κ1) is 18.1. The minimum Gasteiger partial charge on any atom is -0.376 e. The predicted octanol–water partition coefficient (Wildman–Crippen LogP) is 3.67. The Balaban J connectivity index is 1.69. The van der Waals surface area contributed by atoms with Gasteiger partial charge in [-0.3, -0.25) is 9.47 Å². The molecule has 0 spiro atoms. The Bertz CT molecular complexity index is 936. The molecule has 140 valence electrons. The maximum absolute atomic E-state index is 5.81. The van der Waals surface area contributed by atoms with Crippen LogP contribution >= 0.6 is 12.2 Å². The summed E-state index contributed by atoms with van der Waals surface area (Å²) in [6, 6.07) is 20.6. The molecular weight excluding hydrogens is 356 g/mol. The van der Waals surface area contributed by atoms with Crippen molar-refractivity contribution in [3.63, 3.8) is 0 Å². The van der Waals surface area contributed by atoms with Gasteiger partial charge in [-0.15, -0.1) is 0 Å². The van der Waals surface area contributed by atoms with Gasteiger partial charge in [-0.2, -0.15) is 5.10 Å². The lowest BCUT2D eigenvalue weighted by molar-refractivity contribution is -0.0307. The summed E-state index contributed by atoms with van der Waals surface area (Å²) in [6.07, 6.45) is 0.985. The van der Waals surface area contributed by atoms with Crippen LogP contribution in [0.3, 0.4) is 0 Å². The molecule has 1 fully saturated rings. The number of para-hydroxylation sites is 1. The quantitative estimate of drug-likeness (QED) is 0.633. The van der Waals surface area contributed by atoms with Crippen molar-refractivity contribution in [1.29, 1.82) is 0 Å². The lowest BCUT2D eigenvalue weighted by Gasteiger charge is -2.30. The second kappa shape index (κ2) is 8.17. The van der Waals surface area contributed by atoms with E-state index in [1.165, 1.54) is 5.56 Å². The summed E-state index contributed by atoms with van der Waals surface area (Å²) in [7, 11) is 0. The SMILES string of the molecule is CC1CN(Cn2nc(Cc3ccccc3)n(-c3ccccc3)c2=S)CCO1. The van der Waals surface area contributed by atoms with E-state index in [0.717, 1.165) is 42.4 Å². The molecule has 1 atom stereocenters.